The highest BCUT2D eigenvalue weighted by atomic mass is 16.7. The second-order valence-electron chi connectivity index (χ2n) is 2.37. The topological polar surface area (TPSA) is 42.2 Å². The fraction of sp³-hybridized carbons (Fsp3) is 0.875. The van der Waals surface area contributed by atoms with Gasteiger partial charge in [-0.1, -0.05) is 6.92 Å². The van der Waals surface area contributed by atoms with Crippen LogP contribution in [0, 0.1) is 17.2 Å². The van der Waals surface area contributed by atoms with Crippen LogP contribution < -0.4 is 0 Å². The van der Waals surface area contributed by atoms with E-state index < -0.39 is 0 Å². The van der Waals surface area contributed by atoms with Crippen LogP contribution in [0.5, 0.6) is 0 Å². The molecule has 0 aliphatic heterocycles. The molecule has 3 nitrogen and oxygen atoms in total. The minimum Gasteiger partial charge on any atom is -0.356 e. The van der Waals surface area contributed by atoms with Crippen molar-refractivity contribution < 1.29 is 9.47 Å². The molecular formula is C8H15NO2. The van der Waals surface area contributed by atoms with E-state index in [4.69, 9.17) is 14.7 Å². The van der Waals surface area contributed by atoms with Gasteiger partial charge in [0, 0.05) is 20.6 Å². The predicted octanol–water partition coefficient (Wildman–Crippen LogP) is 1.55. The second kappa shape index (κ2) is 6.14. The Labute approximate surface area is 67.9 Å². The molecule has 0 aromatic heterocycles. The second-order valence-corrected chi connectivity index (χ2v) is 2.37. The summed E-state index contributed by atoms with van der Waals surface area (Å²) in [6, 6.07) is 2.19. The van der Waals surface area contributed by atoms with Crippen molar-refractivity contribution in [1.82, 2.24) is 0 Å². The molecule has 0 radical (unpaired) electrons. The van der Waals surface area contributed by atoms with Crippen LogP contribution in [0.1, 0.15) is 19.8 Å². The molecule has 0 aromatic rings. The number of hydrogen-bond acceptors (Lipinski definition) is 3. The summed E-state index contributed by atoms with van der Waals surface area (Å²) in [7, 11) is 3.16. The van der Waals surface area contributed by atoms with Crippen LogP contribution in [0.3, 0.4) is 0 Å². The lowest BCUT2D eigenvalue weighted by molar-refractivity contribution is -0.111. The minimum atomic E-state index is -0.236. The smallest absolute Gasteiger partial charge is 0.158 e. The fourth-order valence-electron chi connectivity index (χ4n) is 0.832. The molecule has 0 rings (SSSR count). The van der Waals surface area contributed by atoms with Crippen molar-refractivity contribution in [2.45, 2.75) is 26.1 Å². The first-order valence-electron chi connectivity index (χ1n) is 3.73. The van der Waals surface area contributed by atoms with E-state index in [1.165, 1.54) is 0 Å². The Balaban J connectivity index is 3.70. The first-order valence-corrected chi connectivity index (χ1v) is 3.73. The summed E-state index contributed by atoms with van der Waals surface area (Å²) in [5, 5.41) is 8.60. The maximum Gasteiger partial charge on any atom is 0.158 e. The first kappa shape index (κ1) is 10.4. The third-order valence-corrected chi connectivity index (χ3v) is 1.68. The van der Waals surface area contributed by atoms with E-state index in [0.29, 0.717) is 6.42 Å². The number of rotatable bonds is 5. The standard InChI is InChI=1S/C8H15NO2/c1-4-7(6-9)5-8(10-2)11-3/h7-8H,4-5H2,1-3H3. The largest absolute Gasteiger partial charge is 0.356 e. The quantitative estimate of drug-likeness (QED) is 0.568. The Hall–Kier alpha value is -0.590. The van der Waals surface area contributed by atoms with Gasteiger partial charge in [0.1, 0.15) is 0 Å². The molecule has 11 heavy (non-hydrogen) atoms. The summed E-state index contributed by atoms with van der Waals surface area (Å²) in [5.74, 6) is 0.0416. The van der Waals surface area contributed by atoms with Gasteiger partial charge < -0.3 is 9.47 Å². The third-order valence-electron chi connectivity index (χ3n) is 1.68. The predicted molar refractivity (Wildman–Crippen MR) is 41.8 cm³/mol. The van der Waals surface area contributed by atoms with Crippen molar-refractivity contribution in [3.05, 3.63) is 0 Å². The Morgan fingerprint density at radius 2 is 1.91 bits per heavy atom. The lowest BCUT2D eigenvalue weighted by Gasteiger charge is -2.15. The molecule has 0 amide bonds. The van der Waals surface area contributed by atoms with E-state index in [1.807, 2.05) is 6.92 Å². The van der Waals surface area contributed by atoms with E-state index in [0.717, 1.165) is 6.42 Å². The molecule has 0 saturated heterocycles. The zero-order valence-corrected chi connectivity index (χ0v) is 7.33. The highest BCUT2D eigenvalue weighted by molar-refractivity contribution is 4.81. The lowest BCUT2D eigenvalue weighted by Crippen LogP contribution is -2.16. The molecule has 0 N–H and O–H groups in total. The van der Waals surface area contributed by atoms with Crippen molar-refractivity contribution in [3.63, 3.8) is 0 Å². The van der Waals surface area contributed by atoms with Gasteiger partial charge in [-0.2, -0.15) is 5.26 Å². The highest BCUT2D eigenvalue weighted by Gasteiger charge is 2.12. The number of methoxy groups -OCH3 is 2. The molecule has 64 valence electrons. The van der Waals surface area contributed by atoms with Crippen molar-refractivity contribution >= 4 is 0 Å². The van der Waals surface area contributed by atoms with E-state index in [2.05, 4.69) is 6.07 Å². The fourth-order valence-corrected chi connectivity index (χ4v) is 0.832. The van der Waals surface area contributed by atoms with Gasteiger partial charge in [-0.25, -0.2) is 0 Å². The SMILES string of the molecule is CCC(C#N)CC(OC)OC. The monoisotopic (exact) mass is 157 g/mol. The molecule has 0 fully saturated rings. The minimum absolute atomic E-state index is 0.0416. The van der Waals surface area contributed by atoms with Gasteiger partial charge in [0.15, 0.2) is 6.29 Å². The van der Waals surface area contributed by atoms with E-state index in [9.17, 15) is 0 Å². The molecule has 0 bridgehead atoms. The van der Waals surface area contributed by atoms with E-state index >= 15 is 0 Å². The number of nitriles is 1. The molecule has 0 aliphatic rings. The zero-order valence-electron chi connectivity index (χ0n) is 7.33. The summed E-state index contributed by atoms with van der Waals surface area (Å²) in [4.78, 5) is 0. The Bertz CT molecular complexity index is 127. The first-order chi connectivity index (χ1) is 5.28. The molecule has 0 spiro atoms. The van der Waals surface area contributed by atoms with Crippen LogP contribution in [0.25, 0.3) is 0 Å². The zero-order chi connectivity index (χ0) is 8.69. The molecule has 3 heteroatoms. The van der Waals surface area contributed by atoms with Crippen molar-refractivity contribution in [1.29, 1.82) is 5.26 Å². The average molecular weight is 157 g/mol. The van der Waals surface area contributed by atoms with Crippen LogP contribution >= 0.6 is 0 Å². The summed E-state index contributed by atoms with van der Waals surface area (Å²) in [5.41, 5.74) is 0. The lowest BCUT2D eigenvalue weighted by atomic mass is 10.0. The Kier molecular flexibility index (Phi) is 5.81. The number of nitrogens with zero attached hydrogens (tertiary/aromatic N) is 1. The van der Waals surface area contributed by atoms with Gasteiger partial charge >= 0.3 is 0 Å². The number of ether oxygens (including phenoxy) is 2. The summed E-state index contributed by atoms with van der Waals surface area (Å²) in [6.45, 7) is 1.98. The van der Waals surface area contributed by atoms with Crippen LogP contribution in [0.15, 0.2) is 0 Å². The Morgan fingerprint density at radius 1 is 1.36 bits per heavy atom. The van der Waals surface area contributed by atoms with Gasteiger partial charge in [0.25, 0.3) is 0 Å². The third kappa shape index (κ3) is 3.97. The van der Waals surface area contributed by atoms with Crippen LogP contribution in [-0.4, -0.2) is 20.5 Å². The maximum atomic E-state index is 8.60. The normalized spacial score (nSPS) is 13.0. The molecule has 0 saturated carbocycles. The number of hydrogen-bond donors (Lipinski definition) is 0. The maximum absolute atomic E-state index is 8.60. The van der Waals surface area contributed by atoms with Gasteiger partial charge in [0.2, 0.25) is 0 Å². The van der Waals surface area contributed by atoms with Gasteiger partial charge in [-0.3, -0.25) is 0 Å². The van der Waals surface area contributed by atoms with Crippen LogP contribution in [0.2, 0.25) is 0 Å². The van der Waals surface area contributed by atoms with E-state index in [1.54, 1.807) is 14.2 Å². The van der Waals surface area contributed by atoms with Crippen molar-refractivity contribution in [3.8, 4) is 6.07 Å². The van der Waals surface area contributed by atoms with Crippen molar-refractivity contribution in [2.75, 3.05) is 14.2 Å². The molecular weight excluding hydrogens is 142 g/mol. The van der Waals surface area contributed by atoms with Gasteiger partial charge in [-0.15, -0.1) is 0 Å². The van der Waals surface area contributed by atoms with E-state index in [-0.39, 0.29) is 12.2 Å². The average Bonchev–Trinajstić information content (AvgIpc) is 2.07. The summed E-state index contributed by atoms with van der Waals surface area (Å²) in [6.07, 6.45) is 1.26. The van der Waals surface area contributed by atoms with Gasteiger partial charge in [0.05, 0.1) is 12.0 Å². The summed E-state index contributed by atoms with van der Waals surface area (Å²) >= 11 is 0. The van der Waals surface area contributed by atoms with Crippen LogP contribution in [0.4, 0.5) is 0 Å². The molecule has 0 aliphatic carbocycles. The summed E-state index contributed by atoms with van der Waals surface area (Å²) < 4.78 is 9.92. The van der Waals surface area contributed by atoms with Crippen LogP contribution in [-0.2, 0) is 9.47 Å². The van der Waals surface area contributed by atoms with Gasteiger partial charge in [-0.05, 0) is 6.42 Å². The molecule has 0 aromatic carbocycles. The molecule has 0 heterocycles. The highest BCUT2D eigenvalue weighted by Crippen LogP contribution is 2.11. The molecule has 1 unspecified atom stereocenters. The Morgan fingerprint density at radius 3 is 2.18 bits per heavy atom. The molecule has 1 atom stereocenters. The van der Waals surface area contributed by atoms with Crippen molar-refractivity contribution in [2.24, 2.45) is 5.92 Å².